The second kappa shape index (κ2) is 9.02. The molecular formula is HClMgO2. The molecule has 4 heavy (non-hydrogen) atoms. The van der Waals surface area contributed by atoms with Crippen LogP contribution < -0.4 is 4.66 Å². The Kier molecular flexibility index (Phi) is 20.0. The van der Waals surface area contributed by atoms with Crippen LogP contribution in [0.25, 0.3) is 0 Å². The van der Waals surface area contributed by atoms with Crippen LogP contribution in [-0.2, 0) is 0 Å². The zero-order valence-electron chi connectivity index (χ0n) is 1.94. The smallest absolute Gasteiger partial charge is 0.327 e. The summed E-state index contributed by atoms with van der Waals surface area (Å²) in [6, 6.07) is 0. The average Bonchev–Trinajstić information content (AvgIpc) is 0.918. The third-order valence-electron chi connectivity index (χ3n) is 0. The Morgan fingerprint density at radius 3 is 1.75 bits per heavy atom. The minimum absolute atomic E-state index is 0. The van der Waals surface area contributed by atoms with E-state index in [0.29, 0.717) is 0 Å². The zero-order chi connectivity index (χ0) is 2.71. The third kappa shape index (κ3) is 12.2. The molecule has 0 rings (SSSR count). The molecule has 0 aliphatic carbocycles. The highest BCUT2D eigenvalue weighted by Gasteiger charge is 1.47. The molecule has 0 aliphatic heterocycles. The number of rotatable bonds is 0. The van der Waals surface area contributed by atoms with Crippen LogP contribution in [0, 0.1) is 11.3 Å². The van der Waals surface area contributed by atoms with E-state index in [1.165, 1.54) is 0 Å². The van der Waals surface area contributed by atoms with Gasteiger partial charge >= 0.3 is 11.3 Å². The molecule has 22 valence electrons. The lowest BCUT2D eigenvalue weighted by molar-refractivity contribution is -1.27. The van der Waals surface area contributed by atoms with Crippen molar-refractivity contribution in [2.75, 3.05) is 0 Å². The molecule has 0 saturated heterocycles. The Bertz CT molecular complexity index is 6.00. The van der Waals surface area contributed by atoms with E-state index in [1.807, 2.05) is 0 Å². The van der Waals surface area contributed by atoms with Gasteiger partial charge < -0.3 is 4.66 Å². The second-order valence-electron chi connectivity index (χ2n) is 0.0690. The van der Waals surface area contributed by atoms with Crippen molar-refractivity contribution in [3.8, 4) is 0 Å². The number of halogens is 1. The van der Waals surface area contributed by atoms with E-state index in [9.17, 15) is 0 Å². The van der Waals surface area contributed by atoms with Gasteiger partial charge in [-0.3, -0.25) is 0 Å². The molecule has 0 fully saturated rings. The van der Waals surface area contributed by atoms with Gasteiger partial charge in [-0.25, -0.2) is 0 Å². The Balaban J connectivity index is 0. The van der Waals surface area contributed by atoms with Crippen molar-refractivity contribution in [1.82, 2.24) is 0 Å². The highest BCUT2D eigenvalue weighted by atomic mass is 35.6. The van der Waals surface area contributed by atoms with Gasteiger partial charge in [0.2, 0.25) is 0 Å². The topological polar surface area (TPSA) is 43.3 Å². The molecule has 0 bridgehead atoms. The van der Waals surface area contributed by atoms with Crippen LogP contribution >= 0.6 is 0 Å². The molecule has 0 aliphatic rings. The van der Waals surface area contributed by atoms with E-state index in [-0.39, 0.29) is 34.4 Å². The van der Waals surface area contributed by atoms with Crippen LogP contribution in [0.3, 0.4) is 0 Å². The summed E-state index contributed by atoms with van der Waals surface area (Å²) in [4.78, 5) is 0. The molecule has 0 aromatic heterocycles. The minimum atomic E-state index is -0.167. The largest absolute Gasteiger partial charge is 0.506 e. The lowest BCUT2D eigenvalue weighted by Crippen LogP contribution is -1.94. The van der Waals surface area contributed by atoms with E-state index >= 15 is 0 Å². The van der Waals surface area contributed by atoms with E-state index in [1.54, 1.807) is 0 Å². The van der Waals surface area contributed by atoms with Gasteiger partial charge in [0.05, 0.1) is 0 Å². The molecule has 2 radical (unpaired) electrons. The standard InChI is InChI=1S/ClHO2.Mg/c2-1-3;/h2H;. The monoisotopic (exact) mass is 92.0 g/mol. The maximum atomic E-state index is 8.35. The summed E-state index contributed by atoms with van der Waals surface area (Å²) in [5.74, 6) is 0. The Labute approximate surface area is 44.0 Å². The van der Waals surface area contributed by atoms with Gasteiger partial charge in [0.25, 0.3) is 0 Å². The first-order valence-electron chi connectivity index (χ1n) is 0.323. The van der Waals surface area contributed by atoms with Crippen molar-refractivity contribution in [1.29, 1.82) is 0 Å². The fraction of sp³-hybridized carbons (Fsp3) is 0. The van der Waals surface area contributed by atoms with Crippen LogP contribution in [0.4, 0.5) is 0 Å². The number of hydrogen-bond acceptors (Lipinski definition) is 2. The Hall–Kier alpha value is 0.976. The van der Waals surface area contributed by atoms with Gasteiger partial charge in [-0.15, -0.1) is 4.66 Å². The van der Waals surface area contributed by atoms with Crippen molar-refractivity contribution >= 4 is 23.1 Å². The molecule has 1 N–H and O–H groups in total. The molecule has 0 atom stereocenters. The quantitative estimate of drug-likeness (QED) is 0.347. The molecule has 2 nitrogen and oxygen atoms in total. The maximum absolute atomic E-state index is 8.35. The normalized spacial score (nSPS) is 4.50. The van der Waals surface area contributed by atoms with E-state index in [0.717, 1.165) is 0 Å². The van der Waals surface area contributed by atoms with Crippen LogP contribution in [0.5, 0.6) is 0 Å². The fourth-order valence-electron chi connectivity index (χ4n) is 0. The van der Waals surface area contributed by atoms with Crippen LogP contribution in [0.2, 0.25) is 0 Å². The van der Waals surface area contributed by atoms with E-state index in [4.69, 9.17) is 9.32 Å². The highest BCUT2D eigenvalue weighted by Crippen LogP contribution is 1.13. The molecule has 4 heteroatoms. The summed E-state index contributed by atoms with van der Waals surface area (Å²) >= 11 is -0.167. The second-order valence-corrected chi connectivity index (χ2v) is 0.207. The summed E-state index contributed by atoms with van der Waals surface area (Å²) < 4.78 is 15.2. The van der Waals surface area contributed by atoms with Gasteiger partial charge in [0, 0.05) is 23.1 Å². The third-order valence-corrected chi connectivity index (χ3v) is 0. The molecular weight excluding hydrogens is 91.8 g/mol. The van der Waals surface area contributed by atoms with Crippen LogP contribution in [0.1, 0.15) is 0 Å². The molecule has 0 saturated carbocycles. The van der Waals surface area contributed by atoms with Gasteiger partial charge in [0.1, 0.15) is 0 Å². The molecule has 0 amide bonds. The lowest BCUT2D eigenvalue weighted by Gasteiger charge is -1.46. The van der Waals surface area contributed by atoms with Crippen molar-refractivity contribution in [3.63, 3.8) is 0 Å². The van der Waals surface area contributed by atoms with Crippen LogP contribution in [0.15, 0.2) is 0 Å². The summed E-state index contributed by atoms with van der Waals surface area (Å²) in [6.07, 6.45) is 0. The lowest BCUT2D eigenvalue weighted by atomic mass is 15.9. The zero-order valence-corrected chi connectivity index (χ0v) is 4.11. The minimum Gasteiger partial charge on any atom is -0.506 e. The summed E-state index contributed by atoms with van der Waals surface area (Å²) in [6.45, 7) is 0. The molecule has 0 unspecified atom stereocenters. The summed E-state index contributed by atoms with van der Waals surface area (Å²) in [7, 11) is 0. The SMILES string of the molecule is [Mg].[O-][Cl+]O. The van der Waals surface area contributed by atoms with Crippen molar-refractivity contribution in [2.24, 2.45) is 0 Å². The van der Waals surface area contributed by atoms with E-state index < -0.39 is 0 Å². The average molecular weight is 92.8 g/mol. The van der Waals surface area contributed by atoms with Crippen molar-refractivity contribution < 1.29 is 20.6 Å². The Morgan fingerprint density at radius 1 is 1.75 bits per heavy atom. The predicted molar refractivity (Wildman–Crippen MR) is 7.97 cm³/mol. The van der Waals surface area contributed by atoms with Gasteiger partial charge in [-0.05, 0) is 0 Å². The van der Waals surface area contributed by atoms with Gasteiger partial charge in [-0.2, -0.15) is 0 Å². The highest BCUT2D eigenvalue weighted by molar-refractivity contribution is 5.75. The predicted octanol–water partition coefficient (Wildman–Crippen LogP) is -2.13. The van der Waals surface area contributed by atoms with E-state index in [2.05, 4.69) is 0 Å². The van der Waals surface area contributed by atoms with Gasteiger partial charge in [-0.1, -0.05) is 0 Å². The Morgan fingerprint density at radius 2 is 1.75 bits per heavy atom. The summed E-state index contributed by atoms with van der Waals surface area (Å²) in [5.41, 5.74) is 0. The van der Waals surface area contributed by atoms with Crippen LogP contribution in [-0.4, -0.2) is 27.7 Å². The van der Waals surface area contributed by atoms with Crippen molar-refractivity contribution in [2.45, 2.75) is 0 Å². The molecule has 0 aromatic carbocycles. The van der Waals surface area contributed by atoms with Gasteiger partial charge in [0.15, 0.2) is 0 Å². The first kappa shape index (κ1) is 8.88. The summed E-state index contributed by atoms with van der Waals surface area (Å²) in [5, 5.41) is 0. The molecule has 0 heterocycles. The maximum Gasteiger partial charge on any atom is 0.327 e. The number of hydrogen-bond donors (Lipinski definition) is 1. The first-order valence-corrected chi connectivity index (χ1v) is 0.970. The molecule has 0 spiro atoms. The fourth-order valence-corrected chi connectivity index (χ4v) is 0. The van der Waals surface area contributed by atoms with Crippen molar-refractivity contribution in [3.05, 3.63) is 0 Å². The molecule has 0 aromatic rings. The first-order chi connectivity index (χ1) is 1.41.